The molecule has 0 amide bonds. The van der Waals surface area contributed by atoms with E-state index in [0.717, 1.165) is 37.9 Å². The molecule has 1 heterocycles. The van der Waals surface area contributed by atoms with Crippen molar-refractivity contribution in [1.29, 1.82) is 0 Å². The summed E-state index contributed by atoms with van der Waals surface area (Å²) in [5.74, 6) is 0.830. The van der Waals surface area contributed by atoms with Crippen LogP contribution in [0.25, 0.3) is 0 Å². The number of aromatic nitrogens is 3. The lowest BCUT2D eigenvalue weighted by molar-refractivity contribution is 0.199. The molecule has 5 heteroatoms. The summed E-state index contributed by atoms with van der Waals surface area (Å²) in [6.45, 7) is 3.39. The Labute approximate surface area is 96.2 Å². The van der Waals surface area contributed by atoms with Gasteiger partial charge >= 0.3 is 0 Å². The van der Waals surface area contributed by atoms with Crippen molar-refractivity contribution in [2.45, 2.75) is 32.4 Å². The SMILES string of the molecule is COCCNCc1cn(CC2CCC2)nn1. The molecule has 90 valence electrons. The number of methoxy groups -OCH3 is 1. The number of hydrogen-bond acceptors (Lipinski definition) is 4. The fourth-order valence-electron chi connectivity index (χ4n) is 1.84. The summed E-state index contributed by atoms with van der Waals surface area (Å²) in [6.07, 6.45) is 6.12. The molecule has 0 atom stereocenters. The van der Waals surface area contributed by atoms with Gasteiger partial charge in [-0.25, -0.2) is 0 Å². The lowest BCUT2D eigenvalue weighted by Crippen LogP contribution is -2.19. The molecule has 0 saturated heterocycles. The Kier molecular flexibility index (Phi) is 4.30. The second-order valence-electron chi connectivity index (χ2n) is 4.40. The van der Waals surface area contributed by atoms with Gasteiger partial charge in [-0.15, -0.1) is 5.10 Å². The second kappa shape index (κ2) is 5.96. The monoisotopic (exact) mass is 224 g/mol. The average molecular weight is 224 g/mol. The van der Waals surface area contributed by atoms with Crippen molar-refractivity contribution >= 4 is 0 Å². The summed E-state index contributed by atoms with van der Waals surface area (Å²) in [5.41, 5.74) is 1.01. The summed E-state index contributed by atoms with van der Waals surface area (Å²) in [4.78, 5) is 0. The van der Waals surface area contributed by atoms with E-state index in [4.69, 9.17) is 4.74 Å². The molecule has 0 spiro atoms. The van der Waals surface area contributed by atoms with Crippen molar-refractivity contribution in [3.8, 4) is 0 Å². The Morgan fingerprint density at radius 3 is 3.12 bits per heavy atom. The number of nitrogens with zero attached hydrogens (tertiary/aromatic N) is 3. The molecule has 0 aliphatic heterocycles. The summed E-state index contributed by atoms with van der Waals surface area (Å²) < 4.78 is 6.93. The first-order valence-corrected chi connectivity index (χ1v) is 5.97. The van der Waals surface area contributed by atoms with Gasteiger partial charge in [-0.2, -0.15) is 0 Å². The zero-order valence-electron chi connectivity index (χ0n) is 9.85. The maximum absolute atomic E-state index is 4.96. The largest absolute Gasteiger partial charge is 0.383 e. The van der Waals surface area contributed by atoms with Crippen LogP contribution < -0.4 is 5.32 Å². The van der Waals surface area contributed by atoms with Gasteiger partial charge in [-0.1, -0.05) is 11.6 Å². The van der Waals surface area contributed by atoms with Gasteiger partial charge in [0.05, 0.1) is 12.3 Å². The lowest BCUT2D eigenvalue weighted by Gasteiger charge is -2.24. The van der Waals surface area contributed by atoms with Crippen LogP contribution in [0.2, 0.25) is 0 Å². The second-order valence-corrected chi connectivity index (χ2v) is 4.40. The van der Waals surface area contributed by atoms with Crippen molar-refractivity contribution in [3.05, 3.63) is 11.9 Å². The van der Waals surface area contributed by atoms with Crippen molar-refractivity contribution < 1.29 is 4.74 Å². The normalized spacial score (nSPS) is 16.3. The molecular weight excluding hydrogens is 204 g/mol. The van der Waals surface area contributed by atoms with E-state index in [9.17, 15) is 0 Å². The van der Waals surface area contributed by atoms with Crippen molar-refractivity contribution in [3.63, 3.8) is 0 Å². The zero-order chi connectivity index (χ0) is 11.2. The molecule has 5 nitrogen and oxygen atoms in total. The van der Waals surface area contributed by atoms with Crippen LogP contribution >= 0.6 is 0 Å². The van der Waals surface area contributed by atoms with E-state index in [0.29, 0.717) is 0 Å². The van der Waals surface area contributed by atoms with Gasteiger partial charge in [-0.3, -0.25) is 4.68 Å². The van der Waals surface area contributed by atoms with Crippen molar-refractivity contribution in [2.24, 2.45) is 5.92 Å². The maximum atomic E-state index is 4.96. The van der Waals surface area contributed by atoms with Gasteiger partial charge in [0.25, 0.3) is 0 Å². The number of rotatable bonds is 7. The van der Waals surface area contributed by atoms with Crippen LogP contribution in [0.4, 0.5) is 0 Å². The van der Waals surface area contributed by atoms with Crippen LogP contribution in [0.5, 0.6) is 0 Å². The van der Waals surface area contributed by atoms with Crippen molar-refractivity contribution in [1.82, 2.24) is 20.3 Å². The number of ether oxygens (including phenoxy) is 1. The Balaban J connectivity index is 1.69. The summed E-state index contributed by atoms with van der Waals surface area (Å²) >= 11 is 0. The van der Waals surface area contributed by atoms with Gasteiger partial charge < -0.3 is 10.1 Å². The van der Waals surface area contributed by atoms with E-state index in [2.05, 4.69) is 15.6 Å². The van der Waals surface area contributed by atoms with Gasteiger partial charge in [0.2, 0.25) is 0 Å². The maximum Gasteiger partial charge on any atom is 0.0964 e. The highest BCUT2D eigenvalue weighted by Crippen LogP contribution is 2.27. The van der Waals surface area contributed by atoms with Crippen LogP contribution in [-0.2, 0) is 17.8 Å². The molecule has 0 bridgehead atoms. The fraction of sp³-hybridized carbons (Fsp3) is 0.818. The van der Waals surface area contributed by atoms with E-state index in [1.165, 1.54) is 19.3 Å². The third-order valence-corrected chi connectivity index (χ3v) is 3.05. The molecule has 0 radical (unpaired) electrons. The minimum absolute atomic E-state index is 0.732. The minimum Gasteiger partial charge on any atom is -0.383 e. The molecular formula is C11H20N4O. The number of nitrogens with one attached hydrogen (secondary N) is 1. The first-order valence-electron chi connectivity index (χ1n) is 5.97. The fourth-order valence-corrected chi connectivity index (χ4v) is 1.84. The van der Waals surface area contributed by atoms with Crippen LogP contribution in [0.15, 0.2) is 6.20 Å². The Morgan fingerprint density at radius 1 is 1.56 bits per heavy atom. The quantitative estimate of drug-likeness (QED) is 0.696. The summed E-state index contributed by atoms with van der Waals surface area (Å²) in [7, 11) is 1.70. The lowest BCUT2D eigenvalue weighted by atomic mass is 9.85. The highest BCUT2D eigenvalue weighted by atomic mass is 16.5. The molecule has 2 rings (SSSR count). The van der Waals surface area contributed by atoms with Crippen LogP contribution in [-0.4, -0.2) is 35.3 Å². The highest BCUT2D eigenvalue weighted by molar-refractivity contribution is 4.91. The van der Waals surface area contributed by atoms with E-state index < -0.39 is 0 Å². The van der Waals surface area contributed by atoms with E-state index in [1.54, 1.807) is 7.11 Å². The smallest absolute Gasteiger partial charge is 0.0964 e. The Hall–Kier alpha value is -0.940. The van der Waals surface area contributed by atoms with Gasteiger partial charge in [-0.05, 0) is 18.8 Å². The molecule has 1 aromatic heterocycles. The third kappa shape index (κ3) is 3.28. The topological polar surface area (TPSA) is 52.0 Å². The Morgan fingerprint density at radius 2 is 2.44 bits per heavy atom. The molecule has 1 aliphatic carbocycles. The van der Waals surface area contributed by atoms with E-state index >= 15 is 0 Å². The van der Waals surface area contributed by atoms with Crippen LogP contribution in [0.3, 0.4) is 0 Å². The van der Waals surface area contributed by atoms with Crippen molar-refractivity contribution in [2.75, 3.05) is 20.3 Å². The summed E-state index contributed by atoms with van der Waals surface area (Å²) in [6, 6.07) is 0. The standard InChI is InChI=1S/C11H20N4O/c1-16-6-5-12-7-11-9-15(14-13-11)8-10-3-2-4-10/h9-10,12H,2-8H2,1H3. The molecule has 1 N–H and O–H groups in total. The van der Waals surface area contributed by atoms with Crippen LogP contribution in [0.1, 0.15) is 25.0 Å². The van der Waals surface area contributed by atoms with E-state index in [1.807, 2.05) is 10.9 Å². The van der Waals surface area contributed by atoms with Gasteiger partial charge in [0, 0.05) is 32.9 Å². The van der Waals surface area contributed by atoms with Crippen LogP contribution in [0, 0.1) is 5.92 Å². The first kappa shape index (κ1) is 11.5. The molecule has 1 saturated carbocycles. The Bertz CT molecular complexity index is 309. The predicted molar refractivity (Wildman–Crippen MR) is 60.9 cm³/mol. The van der Waals surface area contributed by atoms with E-state index in [-0.39, 0.29) is 0 Å². The molecule has 0 aromatic carbocycles. The highest BCUT2D eigenvalue weighted by Gasteiger charge is 2.18. The molecule has 1 aromatic rings. The zero-order valence-corrected chi connectivity index (χ0v) is 9.85. The molecule has 1 aliphatic rings. The molecule has 0 unspecified atom stereocenters. The van der Waals surface area contributed by atoms with Gasteiger partial charge in [0.1, 0.15) is 0 Å². The molecule has 1 fully saturated rings. The minimum atomic E-state index is 0.732. The van der Waals surface area contributed by atoms with Gasteiger partial charge in [0.15, 0.2) is 0 Å². The predicted octanol–water partition coefficient (Wildman–Crippen LogP) is 0.814. The average Bonchev–Trinajstić information content (AvgIpc) is 2.67. The molecule has 16 heavy (non-hydrogen) atoms. The summed E-state index contributed by atoms with van der Waals surface area (Å²) in [5, 5.41) is 11.5. The number of hydrogen-bond donors (Lipinski definition) is 1. The third-order valence-electron chi connectivity index (χ3n) is 3.05. The first-order chi connectivity index (χ1) is 7.88.